The summed E-state index contributed by atoms with van der Waals surface area (Å²) in [6.45, 7) is 6.40. The number of nitrogens with one attached hydrogen (secondary N) is 1. The fraction of sp³-hybridized carbons (Fsp3) is 0.720. The molecule has 4 aliphatic rings. The number of benzene rings is 1. The van der Waals surface area contributed by atoms with E-state index in [1.807, 2.05) is 6.92 Å². The molecule has 1 aliphatic heterocycles. The van der Waals surface area contributed by atoms with Crippen LogP contribution in [0.5, 0.6) is 0 Å². The molecule has 8 atom stereocenters. The molecule has 4 nitrogen and oxygen atoms in total. The van der Waals surface area contributed by atoms with Crippen molar-refractivity contribution in [3.8, 4) is 0 Å². The maximum absolute atomic E-state index is 14.4. The number of alkyl halides is 3. The van der Waals surface area contributed by atoms with E-state index < -0.39 is 34.9 Å². The van der Waals surface area contributed by atoms with Crippen molar-refractivity contribution < 1.29 is 27.4 Å². The summed E-state index contributed by atoms with van der Waals surface area (Å²) in [5.74, 6) is -0.377. The van der Waals surface area contributed by atoms with Crippen molar-refractivity contribution >= 4 is 5.91 Å². The van der Waals surface area contributed by atoms with E-state index in [0.29, 0.717) is 5.92 Å². The molecule has 3 aliphatic carbocycles. The molecule has 1 saturated heterocycles. The van der Waals surface area contributed by atoms with Crippen molar-refractivity contribution in [3.63, 3.8) is 0 Å². The van der Waals surface area contributed by atoms with Crippen LogP contribution < -0.4 is 5.32 Å². The van der Waals surface area contributed by atoms with E-state index >= 15 is 0 Å². The molecular formula is C25H32F3NO3. The molecule has 176 valence electrons. The van der Waals surface area contributed by atoms with Crippen molar-refractivity contribution in [2.24, 2.45) is 23.2 Å². The first-order chi connectivity index (χ1) is 14.9. The summed E-state index contributed by atoms with van der Waals surface area (Å²) in [5, 5.41) is 2.84. The Bertz CT molecular complexity index is 923. The molecule has 3 saturated carbocycles. The van der Waals surface area contributed by atoms with Crippen molar-refractivity contribution in [2.45, 2.75) is 81.9 Å². The van der Waals surface area contributed by atoms with E-state index in [-0.39, 0.29) is 22.8 Å². The van der Waals surface area contributed by atoms with Crippen LogP contribution in [0.3, 0.4) is 0 Å². The molecule has 3 bridgehead atoms. The largest absolute Gasteiger partial charge is 0.430 e. The highest BCUT2D eigenvalue weighted by Crippen LogP contribution is 2.72. The fourth-order valence-corrected chi connectivity index (χ4v) is 8.11. The van der Waals surface area contributed by atoms with Crippen LogP contribution in [-0.4, -0.2) is 36.4 Å². The first kappa shape index (κ1) is 22.2. The van der Waals surface area contributed by atoms with Crippen LogP contribution in [0, 0.1) is 23.2 Å². The average molecular weight is 452 g/mol. The summed E-state index contributed by atoms with van der Waals surface area (Å²) in [7, 11) is 0.949. The van der Waals surface area contributed by atoms with Crippen molar-refractivity contribution in [1.29, 1.82) is 0 Å². The van der Waals surface area contributed by atoms with Crippen LogP contribution in [0.2, 0.25) is 0 Å². The summed E-state index contributed by atoms with van der Waals surface area (Å²) >= 11 is 0. The average Bonchev–Trinajstić information content (AvgIpc) is 3.09. The summed E-state index contributed by atoms with van der Waals surface area (Å²) < 4.78 is 55.1. The van der Waals surface area contributed by atoms with Gasteiger partial charge in [-0.05, 0) is 63.2 Å². The summed E-state index contributed by atoms with van der Waals surface area (Å²) in [6, 6.07) is 6.69. The number of carbonyl (C=O) groups excluding carboxylic acids is 1. The van der Waals surface area contributed by atoms with Crippen molar-refractivity contribution in [1.82, 2.24) is 5.32 Å². The molecule has 0 aromatic heterocycles. The Morgan fingerprint density at radius 2 is 1.84 bits per heavy atom. The first-order valence-corrected chi connectivity index (χ1v) is 11.6. The number of amides is 1. The zero-order chi connectivity index (χ0) is 23.2. The SMILES string of the molecule is CO[C@@](C(=O)N[C@H]1[C@@H]2C[C@]34CC[C@@]2(C)O[C@]1(C)[C@@H]3CC[C@H]4C)(c1ccccc1)C(F)(F)F. The van der Waals surface area contributed by atoms with Crippen LogP contribution in [-0.2, 0) is 19.9 Å². The number of rotatable bonds is 4. The van der Waals surface area contributed by atoms with Crippen LogP contribution in [0.25, 0.3) is 0 Å². The molecule has 1 spiro atoms. The fourth-order valence-electron chi connectivity index (χ4n) is 8.11. The number of ether oxygens (including phenoxy) is 2. The lowest BCUT2D eigenvalue weighted by Gasteiger charge is -2.55. The molecule has 1 N–H and O–H groups in total. The predicted octanol–water partition coefficient (Wildman–Crippen LogP) is 4.97. The summed E-state index contributed by atoms with van der Waals surface area (Å²) in [5.41, 5.74) is -4.24. The van der Waals surface area contributed by atoms with E-state index in [9.17, 15) is 18.0 Å². The topological polar surface area (TPSA) is 47.6 Å². The molecule has 0 unspecified atom stereocenters. The zero-order valence-corrected chi connectivity index (χ0v) is 19.1. The second-order valence-electron chi connectivity index (χ2n) is 10.9. The maximum Gasteiger partial charge on any atom is 0.430 e. The van der Waals surface area contributed by atoms with Gasteiger partial charge in [-0.1, -0.05) is 37.3 Å². The van der Waals surface area contributed by atoms with Crippen molar-refractivity contribution in [2.75, 3.05) is 7.11 Å². The Hall–Kier alpha value is -1.60. The molecule has 1 heterocycles. The third-order valence-corrected chi connectivity index (χ3v) is 9.69. The van der Waals surface area contributed by atoms with Gasteiger partial charge in [0.1, 0.15) is 0 Å². The molecule has 32 heavy (non-hydrogen) atoms. The minimum absolute atomic E-state index is 0.0134. The minimum Gasteiger partial charge on any atom is -0.366 e. The Morgan fingerprint density at radius 1 is 1.16 bits per heavy atom. The second kappa shape index (κ2) is 6.72. The minimum atomic E-state index is -4.92. The van der Waals surface area contributed by atoms with Gasteiger partial charge in [-0.15, -0.1) is 0 Å². The lowest BCUT2D eigenvalue weighted by atomic mass is 9.49. The van der Waals surface area contributed by atoms with E-state index in [2.05, 4.69) is 19.2 Å². The molecule has 1 amide bonds. The highest BCUT2D eigenvalue weighted by atomic mass is 19.4. The quantitative estimate of drug-likeness (QED) is 0.703. The smallest absolute Gasteiger partial charge is 0.366 e. The highest BCUT2D eigenvalue weighted by molar-refractivity contribution is 5.88. The second-order valence-corrected chi connectivity index (χ2v) is 10.9. The van der Waals surface area contributed by atoms with Gasteiger partial charge < -0.3 is 14.8 Å². The van der Waals surface area contributed by atoms with Crippen LogP contribution >= 0.6 is 0 Å². The van der Waals surface area contributed by atoms with Gasteiger partial charge in [0.05, 0.1) is 17.2 Å². The van der Waals surface area contributed by atoms with Gasteiger partial charge in [0.25, 0.3) is 11.5 Å². The first-order valence-electron chi connectivity index (χ1n) is 11.6. The van der Waals surface area contributed by atoms with E-state index in [0.717, 1.165) is 39.2 Å². The van der Waals surface area contributed by atoms with E-state index in [1.165, 1.54) is 24.3 Å². The molecule has 5 rings (SSSR count). The molecule has 7 heteroatoms. The Labute approximate surface area is 187 Å². The number of methoxy groups -OCH3 is 1. The number of hydrogen-bond donors (Lipinski definition) is 1. The lowest BCUT2D eigenvalue weighted by Crippen LogP contribution is -2.67. The predicted molar refractivity (Wildman–Crippen MR) is 113 cm³/mol. The highest BCUT2D eigenvalue weighted by Gasteiger charge is 2.75. The molecule has 1 aromatic rings. The van der Waals surface area contributed by atoms with Crippen LogP contribution in [0.4, 0.5) is 13.2 Å². The number of halogens is 3. The van der Waals surface area contributed by atoms with Crippen LogP contribution in [0.15, 0.2) is 30.3 Å². The molecule has 1 aromatic carbocycles. The van der Waals surface area contributed by atoms with Gasteiger partial charge in [0.15, 0.2) is 0 Å². The lowest BCUT2D eigenvalue weighted by molar-refractivity contribution is -0.266. The third-order valence-electron chi connectivity index (χ3n) is 9.69. The van der Waals surface area contributed by atoms with Gasteiger partial charge >= 0.3 is 6.18 Å². The molecule has 0 radical (unpaired) electrons. The number of carbonyl (C=O) groups is 1. The van der Waals surface area contributed by atoms with Gasteiger partial charge in [0, 0.05) is 18.6 Å². The van der Waals surface area contributed by atoms with Gasteiger partial charge in [-0.3, -0.25) is 4.79 Å². The number of fused-ring (bicyclic) bond motifs is 2. The monoisotopic (exact) mass is 451 g/mol. The van der Waals surface area contributed by atoms with Gasteiger partial charge in [-0.25, -0.2) is 0 Å². The Balaban J connectivity index is 1.55. The van der Waals surface area contributed by atoms with Crippen molar-refractivity contribution in [3.05, 3.63) is 35.9 Å². The summed E-state index contributed by atoms with van der Waals surface area (Å²) in [4.78, 5) is 13.5. The van der Waals surface area contributed by atoms with E-state index in [1.54, 1.807) is 6.07 Å². The Morgan fingerprint density at radius 3 is 2.47 bits per heavy atom. The molecular weight excluding hydrogens is 419 g/mol. The van der Waals surface area contributed by atoms with Gasteiger partial charge in [-0.2, -0.15) is 13.2 Å². The third kappa shape index (κ3) is 2.55. The van der Waals surface area contributed by atoms with E-state index in [4.69, 9.17) is 9.47 Å². The van der Waals surface area contributed by atoms with Gasteiger partial charge in [0.2, 0.25) is 0 Å². The molecule has 4 fully saturated rings. The maximum atomic E-state index is 14.4. The zero-order valence-electron chi connectivity index (χ0n) is 19.1. The Kier molecular flexibility index (Phi) is 4.66. The normalized spacial score (nSPS) is 44.2. The summed E-state index contributed by atoms with van der Waals surface area (Å²) in [6.07, 6.45) is 0.0366. The van der Waals surface area contributed by atoms with Crippen LogP contribution in [0.1, 0.15) is 58.4 Å². The number of hydrogen-bond acceptors (Lipinski definition) is 3. The standard InChI is InChI=1S/C25H32F3NO3/c1-15-10-11-18-22(3)19(17-14-23(15,18)13-12-21(17,2)32-22)29-20(30)24(31-4,25(26,27)28)16-8-6-5-7-9-16/h5-9,15,17-19H,10-14H2,1-4H3,(H,29,30)/t15-,17+,18+,19+,21-,22-,23+,24-/m1/s1.